The van der Waals surface area contributed by atoms with Gasteiger partial charge in [-0.25, -0.2) is 0 Å². The van der Waals surface area contributed by atoms with Gasteiger partial charge in [0.25, 0.3) is 0 Å². The lowest BCUT2D eigenvalue weighted by atomic mass is 9.84. The normalized spacial score (nSPS) is 21.6. The van der Waals surface area contributed by atoms with Crippen LogP contribution in [0.2, 0.25) is 0 Å². The maximum Gasteiger partial charge on any atom is 0.227 e. The van der Waals surface area contributed by atoms with Gasteiger partial charge >= 0.3 is 0 Å². The standard InChI is InChI=1S/C28H34N4O2/c1-4-21-17-31(10-11-32(21)27(33)12-19-6-5-9-30-16-19)26-13-22(20-7-8-20)25-18-34-28(2,3)14-23(25)24(26)15-29/h5-6,9,13,16,20-21H,4,7-8,10-12,14,17-18H2,1-3H3. The number of anilines is 1. The SMILES string of the molecule is CCC1CN(c2cc(C3CC3)c3c(c2C#N)CC(C)(C)OC3)CCN1C(=O)Cc1cccnc1. The van der Waals surface area contributed by atoms with Gasteiger partial charge in [0.15, 0.2) is 0 Å². The molecule has 6 heteroatoms. The van der Waals surface area contributed by atoms with Crippen LogP contribution < -0.4 is 4.90 Å². The van der Waals surface area contributed by atoms with Crippen molar-refractivity contribution in [3.63, 3.8) is 0 Å². The van der Waals surface area contributed by atoms with Crippen LogP contribution in [0, 0.1) is 11.3 Å². The minimum Gasteiger partial charge on any atom is -0.371 e. The Bertz CT molecular complexity index is 1120. The second kappa shape index (κ2) is 9.03. The van der Waals surface area contributed by atoms with Gasteiger partial charge in [0, 0.05) is 44.5 Å². The van der Waals surface area contributed by atoms with Gasteiger partial charge in [-0.05, 0) is 73.4 Å². The molecule has 1 saturated heterocycles. The third-order valence-electron chi connectivity index (χ3n) is 7.59. The first-order chi connectivity index (χ1) is 16.4. The number of ether oxygens (including phenoxy) is 1. The van der Waals surface area contributed by atoms with E-state index in [1.165, 1.54) is 29.5 Å². The quantitative estimate of drug-likeness (QED) is 0.666. The molecule has 1 aromatic carbocycles. The fraction of sp³-hybridized carbons (Fsp3) is 0.536. The van der Waals surface area contributed by atoms with E-state index in [0.29, 0.717) is 25.5 Å². The number of aromatic nitrogens is 1. The lowest BCUT2D eigenvalue weighted by Gasteiger charge is -2.43. The first-order valence-corrected chi connectivity index (χ1v) is 12.6. The number of hydrogen-bond donors (Lipinski definition) is 0. The fourth-order valence-electron chi connectivity index (χ4n) is 5.56. The molecule has 3 heterocycles. The molecule has 1 aromatic heterocycles. The minimum atomic E-state index is -0.262. The van der Waals surface area contributed by atoms with Crippen molar-refractivity contribution in [1.82, 2.24) is 9.88 Å². The lowest BCUT2D eigenvalue weighted by molar-refractivity contribution is -0.133. The highest BCUT2D eigenvalue weighted by Gasteiger charge is 2.37. The second-order valence-corrected chi connectivity index (χ2v) is 10.6. The summed E-state index contributed by atoms with van der Waals surface area (Å²) in [4.78, 5) is 21.7. The van der Waals surface area contributed by atoms with Crippen molar-refractivity contribution in [2.45, 2.75) is 77.0 Å². The Kier molecular flexibility index (Phi) is 6.07. The minimum absolute atomic E-state index is 0.129. The summed E-state index contributed by atoms with van der Waals surface area (Å²) >= 11 is 0. The number of pyridine rings is 1. The molecule has 1 aliphatic carbocycles. The fourth-order valence-corrected chi connectivity index (χ4v) is 5.56. The van der Waals surface area contributed by atoms with Crippen LogP contribution in [0.15, 0.2) is 30.6 Å². The van der Waals surface area contributed by atoms with Crippen LogP contribution in [0.4, 0.5) is 5.69 Å². The molecule has 6 nitrogen and oxygen atoms in total. The number of piperazine rings is 1. The van der Waals surface area contributed by atoms with Crippen LogP contribution >= 0.6 is 0 Å². The Balaban J connectivity index is 1.43. The molecule has 0 N–H and O–H groups in total. The smallest absolute Gasteiger partial charge is 0.227 e. The Labute approximate surface area is 202 Å². The number of rotatable bonds is 5. The summed E-state index contributed by atoms with van der Waals surface area (Å²) in [5.74, 6) is 0.748. The molecule has 1 atom stereocenters. The molecule has 1 unspecified atom stereocenters. The first-order valence-electron chi connectivity index (χ1n) is 12.6. The maximum atomic E-state index is 13.1. The van der Waals surface area contributed by atoms with Gasteiger partial charge in [-0.3, -0.25) is 9.78 Å². The van der Waals surface area contributed by atoms with Gasteiger partial charge in [-0.15, -0.1) is 0 Å². The zero-order valence-electron chi connectivity index (χ0n) is 20.5. The first kappa shape index (κ1) is 22.9. The molecule has 178 valence electrons. The molecule has 0 spiro atoms. The van der Waals surface area contributed by atoms with E-state index < -0.39 is 0 Å². The van der Waals surface area contributed by atoms with Crippen LogP contribution in [0.3, 0.4) is 0 Å². The van der Waals surface area contributed by atoms with Crippen LogP contribution in [0.25, 0.3) is 0 Å². The molecule has 34 heavy (non-hydrogen) atoms. The Morgan fingerprint density at radius 3 is 2.79 bits per heavy atom. The molecule has 0 bridgehead atoms. The zero-order chi connectivity index (χ0) is 23.9. The van der Waals surface area contributed by atoms with Crippen LogP contribution in [0.5, 0.6) is 0 Å². The molecule has 2 fully saturated rings. The van der Waals surface area contributed by atoms with E-state index in [0.717, 1.165) is 42.7 Å². The molecule has 5 rings (SSSR count). The molecule has 1 amide bonds. The van der Waals surface area contributed by atoms with Crippen molar-refractivity contribution in [2.75, 3.05) is 24.5 Å². The predicted octanol–water partition coefficient (Wildman–Crippen LogP) is 4.35. The van der Waals surface area contributed by atoms with Crippen molar-refractivity contribution < 1.29 is 9.53 Å². The van der Waals surface area contributed by atoms with E-state index >= 15 is 0 Å². The number of hydrogen-bond acceptors (Lipinski definition) is 5. The average Bonchev–Trinajstić information content (AvgIpc) is 3.68. The van der Waals surface area contributed by atoms with Gasteiger partial charge < -0.3 is 14.5 Å². The van der Waals surface area contributed by atoms with Gasteiger partial charge in [0.2, 0.25) is 5.91 Å². The van der Waals surface area contributed by atoms with Crippen molar-refractivity contribution in [1.29, 1.82) is 5.26 Å². The van der Waals surface area contributed by atoms with E-state index in [4.69, 9.17) is 4.74 Å². The number of carbonyl (C=O) groups is 1. The number of nitrogens with zero attached hydrogens (tertiary/aromatic N) is 4. The highest BCUT2D eigenvalue weighted by Crippen LogP contribution is 2.47. The third-order valence-corrected chi connectivity index (χ3v) is 7.59. The molecule has 2 aromatic rings. The van der Waals surface area contributed by atoms with Crippen molar-refractivity contribution in [3.8, 4) is 6.07 Å². The summed E-state index contributed by atoms with van der Waals surface area (Å²) in [6.07, 6.45) is 7.97. The highest BCUT2D eigenvalue weighted by molar-refractivity contribution is 5.79. The number of nitriles is 1. The summed E-state index contributed by atoms with van der Waals surface area (Å²) in [6, 6.07) is 8.80. The third kappa shape index (κ3) is 4.42. The highest BCUT2D eigenvalue weighted by atomic mass is 16.5. The Morgan fingerprint density at radius 2 is 2.12 bits per heavy atom. The van der Waals surface area contributed by atoms with Crippen molar-refractivity contribution >= 4 is 11.6 Å². The molecule has 3 aliphatic rings. The second-order valence-electron chi connectivity index (χ2n) is 10.6. The molecule has 1 saturated carbocycles. The topological polar surface area (TPSA) is 69.5 Å². The largest absolute Gasteiger partial charge is 0.371 e. The van der Waals surface area contributed by atoms with Gasteiger partial charge in [-0.2, -0.15) is 5.26 Å². The Hall–Kier alpha value is -2.91. The van der Waals surface area contributed by atoms with Gasteiger partial charge in [0.05, 0.1) is 29.9 Å². The summed E-state index contributed by atoms with van der Waals surface area (Å²) in [7, 11) is 0. The van der Waals surface area contributed by atoms with Crippen LogP contribution in [0.1, 0.15) is 73.8 Å². The molecule has 2 aliphatic heterocycles. The summed E-state index contributed by atoms with van der Waals surface area (Å²) in [5.41, 5.74) is 6.36. The van der Waals surface area contributed by atoms with E-state index in [-0.39, 0.29) is 17.6 Å². The maximum absolute atomic E-state index is 13.1. The van der Waals surface area contributed by atoms with E-state index in [1.807, 2.05) is 17.0 Å². The number of fused-ring (bicyclic) bond motifs is 1. The number of amides is 1. The number of carbonyl (C=O) groups excluding carboxylic acids is 1. The number of benzene rings is 1. The Morgan fingerprint density at radius 1 is 1.29 bits per heavy atom. The van der Waals surface area contributed by atoms with E-state index in [2.05, 4.69) is 42.8 Å². The molecular formula is C28H34N4O2. The summed E-state index contributed by atoms with van der Waals surface area (Å²) < 4.78 is 6.15. The average molecular weight is 459 g/mol. The van der Waals surface area contributed by atoms with E-state index in [1.54, 1.807) is 12.4 Å². The lowest BCUT2D eigenvalue weighted by Crippen LogP contribution is -2.55. The van der Waals surface area contributed by atoms with Crippen LogP contribution in [-0.2, 0) is 29.0 Å². The van der Waals surface area contributed by atoms with E-state index in [9.17, 15) is 10.1 Å². The predicted molar refractivity (Wildman–Crippen MR) is 132 cm³/mol. The van der Waals surface area contributed by atoms with Gasteiger partial charge in [-0.1, -0.05) is 13.0 Å². The summed E-state index contributed by atoms with van der Waals surface area (Å²) in [5, 5.41) is 10.3. The van der Waals surface area contributed by atoms with Gasteiger partial charge in [0.1, 0.15) is 6.07 Å². The van der Waals surface area contributed by atoms with Crippen molar-refractivity contribution in [2.24, 2.45) is 0 Å². The van der Waals surface area contributed by atoms with Crippen LogP contribution in [-0.4, -0.2) is 47.1 Å². The molecule has 0 radical (unpaired) electrons. The molecular weight excluding hydrogens is 424 g/mol. The monoisotopic (exact) mass is 458 g/mol. The zero-order valence-corrected chi connectivity index (χ0v) is 20.5. The van der Waals surface area contributed by atoms with Crippen molar-refractivity contribution in [3.05, 3.63) is 58.4 Å². The summed E-state index contributed by atoms with van der Waals surface area (Å²) in [6.45, 7) is 9.14.